The summed E-state index contributed by atoms with van der Waals surface area (Å²) in [5.74, 6) is 0. The maximum Gasteiger partial charge on any atom is 0.0533 e. The molecule has 0 amide bonds. The molecule has 0 radical (unpaired) electrons. The molecule has 0 N–H and O–H groups in total. The number of anilines is 6. The first-order chi connectivity index (χ1) is 54.6. The lowest BCUT2D eigenvalue weighted by Gasteiger charge is -2.29. The third-order valence-electron chi connectivity index (χ3n) is 20.7. The summed E-state index contributed by atoms with van der Waals surface area (Å²) in [7, 11) is 0. The summed E-state index contributed by atoms with van der Waals surface area (Å²) in [6.45, 7) is 0. The Morgan fingerprint density at radius 2 is 0.473 bits per heavy atom. The van der Waals surface area contributed by atoms with Gasteiger partial charge in [0.1, 0.15) is 0 Å². The van der Waals surface area contributed by atoms with Crippen LogP contribution in [0, 0.1) is 0 Å². The standard InChI is InChI=1S/2C54H45N/c1-5-23-44(24-6-1)52(45-25-7-2-8-26-45)35-18-21-42-20-17-34-50(40-42)55(51-39-38-43-22-13-14-32-49(43)41-51)54-37-16-15-31-48(54)33-19-36-53(46-27-9-3-10-28-46)47-29-11-4-12-30-47;1-5-21-44(22-6-1)52(45-23-7-2-8-24-45)32-17-19-42-35-38-50(39-36-42)55(51-40-37-43-20-13-14-30-49(43)41-51)54-34-16-15-29-48(54)31-18-33-53(46-25-9-3-10-26-46)47-27-11-4-12-28-47/h1-12,15-21,23-31,33-41H,13-14,22,32H2;1-12,15-19,21-29,31-41H,13-14,20,30H2/b21-18+,33-19+;19-17+,31-18+. The van der Waals surface area contributed by atoms with Crippen molar-refractivity contribution in [3.63, 3.8) is 0 Å². The van der Waals surface area contributed by atoms with E-state index < -0.39 is 0 Å². The molecule has 2 aliphatic rings. The molecule has 16 rings (SSSR count). The lowest BCUT2D eigenvalue weighted by Crippen LogP contribution is -2.13. The molecule has 2 nitrogen and oxygen atoms in total. The molecule has 14 aromatic carbocycles. The van der Waals surface area contributed by atoms with Gasteiger partial charge in [0.25, 0.3) is 0 Å². The first-order valence-corrected chi connectivity index (χ1v) is 38.8. The topological polar surface area (TPSA) is 6.48 Å². The number of allylic oxidation sites excluding steroid dienone is 8. The van der Waals surface area contributed by atoms with Gasteiger partial charge in [0.2, 0.25) is 0 Å². The Morgan fingerprint density at radius 3 is 0.818 bits per heavy atom. The van der Waals surface area contributed by atoms with Gasteiger partial charge in [-0.1, -0.05) is 388 Å². The van der Waals surface area contributed by atoms with Crippen LogP contribution in [0.5, 0.6) is 0 Å². The number of rotatable bonds is 22. The van der Waals surface area contributed by atoms with Gasteiger partial charge in [-0.3, -0.25) is 0 Å². The monoisotopic (exact) mass is 1410 g/mol. The molecule has 2 heteroatoms. The fraction of sp³-hybridized carbons (Fsp3) is 0.0741. The SMILES string of the molecule is C(/C=C/c1ccc(N(c2ccc3c(c2)CCCC3)c2ccccc2/C=C/C=C(c2ccccc2)c2ccccc2)cc1)=C(c1ccccc1)c1ccccc1.C(/C=C/c1cccc(N(c2ccc3c(c2)CCCC3)c2ccccc2/C=C/C=C(c2ccccc2)c2ccccc2)c1)=C(c1ccccc1)c1ccccc1. The van der Waals surface area contributed by atoms with Crippen LogP contribution in [0.25, 0.3) is 46.6 Å². The van der Waals surface area contributed by atoms with E-state index in [0.717, 1.165) is 70.7 Å². The molecule has 14 aromatic rings. The number of benzene rings is 14. The number of fused-ring (bicyclic) bond motifs is 2. The van der Waals surface area contributed by atoms with Gasteiger partial charge < -0.3 is 9.80 Å². The van der Waals surface area contributed by atoms with Crippen LogP contribution in [-0.2, 0) is 25.7 Å². The molecule has 110 heavy (non-hydrogen) atoms. The van der Waals surface area contributed by atoms with Crippen molar-refractivity contribution in [2.45, 2.75) is 51.4 Å². The zero-order valence-electron chi connectivity index (χ0n) is 62.3. The van der Waals surface area contributed by atoms with Crippen LogP contribution in [0.2, 0.25) is 0 Å². The van der Waals surface area contributed by atoms with Crippen molar-refractivity contribution in [3.8, 4) is 0 Å². The van der Waals surface area contributed by atoms with Crippen molar-refractivity contribution in [3.05, 3.63) is 514 Å². The maximum absolute atomic E-state index is 2.43. The van der Waals surface area contributed by atoms with E-state index >= 15 is 0 Å². The van der Waals surface area contributed by atoms with E-state index in [4.69, 9.17) is 0 Å². The van der Waals surface area contributed by atoms with Crippen LogP contribution >= 0.6 is 0 Å². The zero-order valence-corrected chi connectivity index (χ0v) is 62.3. The average molecular weight is 1420 g/mol. The van der Waals surface area contributed by atoms with Crippen LogP contribution < -0.4 is 9.80 Å². The molecule has 0 heterocycles. The molecule has 532 valence electrons. The number of para-hydroxylation sites is 2. The van der Waals surface area contributed by atoms with Crippen LogP contribution in [0.4, 0.5) is 34.1 Å². The third kappa shape index (κ3) is 18.3. The molecule has 0 bridgehead atoms. The quantitative estimate of drug-likeness (QED) is 0.0624. The summed E-state index contributed by atoms with van der Waals surface area (Å²) in [6.07, 6.45) is 36.2. The Morgan fingerprint density at radius 1 is 0.200 bits per heavy atom. The Labute approximate surface area is 651 Å². The molecule has 0 unspecified atom stereocenters. The lowest BCUT2D eigenvalue weighted by atomic mass is 9.91. The van der Waals surface area contributed by atoms with Gasteiger partial charge >= 0.3 is 0 Å². The van der Waals surface area contributed by atoms with Crippen molar-refractivity contribution < 1.29 is 0 Å². The van der Waals surface area contributed by atoms with Gasteiger partial charge in [-0.25, -0.2) is 0 Å². The van der Waals surface area contributed by atoms with Crippen molar-refractivity contribution in [2.75, 3.05) is 9.80 Å². The second-order valence-electron chi connectivity index (χ2n) is 28.0. The van der Waals surface area contributed by atoms with Crippen LogP contribution in [-0.4, -0.2) is 0 Å². The number of aryl methyl sites for hydroxylation is 4. The second-order valence-corrected chi connectivity index (χ2v) is 28.0. The highest BCUT2D eigenvalue weighted by atomic mass is 15.1. The summed E-state index contributed by atoms with van der Waals surface area (Å²) < 4.78 is 0. The van der Waals surface area contributed by atoms with Crippen molar-refractivity contribution in [2.24, 2.45) is 0 Å². The molecular formula is C108H90N2. The third-order valence-corrected chi connectivity index (χ3v) is 20.7. The predicted octanol–water partition coefficient (Wildman–Crippen LogP) is 28.7. The summed E-state index contributed by atoms with van der Waals surface area (Å²) in [5.41, 5.74) is 31.8. The van der Waals surface area contributed by atoms with E-state index in [1.54, 1.807) is 0 Å². The van der Waals surface area contributed by atoms with Gasteiger partial charge in [0.15, 0.2) is 0 Å². The fourth-order valence-electron chi connectivity index (χ4n) is 15.1. The van der Waals surface area contributed by atoms with E-state index in [2.05, 4.69) is 459 Å². The fourth-order valence-corrected chi connectivity index (χ4v) is 15.1. The molecule has 0 atom stereocenters. The minimum Gasteiger partial charge on any atom is -0.310 e. The summed E-state index contributed by atoms with van der Waals surface area (Å²) in [5, 5.41) is 0. The van der Waals surface area contributed by atoms with E-state index in [-0.39, 0.29) is 0 Å². The van der Waals surface area contributed by atoms with Crippen LogP contribution in [0.15, 0.2) is 425 Å². The van der Waals surface area contributed by atoms with Gasteiger partial charge in [0, 0.05) is 22.7 Å². The van der Waals surface area contributed by atoms with Crippen LogP contribution in [0.3, 0.4) is 0 Å². The van der Waals surface area contributed by atoms with E-state index in [0.29, 0.717) is 0 Å². The van der Waals surface area contributed by atoms with Crippen molar-refractivity contribution in [1.29, 1.82) is 0 Å². The molecule has 0 saturated carbocycles. The van der Waals surface area contributed by atoms with Gasteiger partial charge in [0.05, 0.1) is 11.4 Å². The molecular weight excluding hydrogens is 1330 g/mol. The van der Waals surface area contributed by atoms with E-state index in [1.807, 2.05) is 0 Å². The van der Waals surface area contributed by atoms with Crippen molar-refractivity contribution in [1.82, 2.24) is 0 Å². The number of hydrogen-bond donors (Lipinski definition) is 0. The Kier molecular flexibility index (Phi) is 24.1. The Balaban J connectivity index is 0.000000175. The Hall–Kier alpha value is -13.4. The molecule has 0 spiro atoms. The highest BCUT2D eigenvalue weighted by molar-refractivity contribution is 5.89. The van der Waals surface area contributed by atoms with Crippen LogP contribution in [0.1, 0.15) is 115 Å². The normalized spacial score (nSPS) is 12.3. The lowest BCUT2D eigenvalue weighted by molar-refractivity contribution is 0.685. The van der Waals surface area contributed by atoms with Gasteiger partial charge in [-0.2, -0.15) is 0 Å². The number of nitrogens with zero attached hydrogens (tertiary/aromatic N) is 2. The van der Waals surface area contributed by atoms with E-state index in [9.17, 15) is 0 Å². The summed E-state index contributed by atoms with van der Waals surface area (Å²) >= 11 is 0. The smallest absolute Gasteiger partial charge is 0.0533 e. The first-order valence-electron chi connectivity index (χ1n) is 38.8. The molecule has 0 saturated heterocycles. The van der Waals surface area contributed by atoms with Gasteiger partial charge in [-0.05, 0) is 223 Å². The Bertz CT molecular complexity index is 5430. The summed E-state index contributed by atoms with van der Waals surface area (Å²) in [4.78, 5) is 4.85. The summed E-state index contributed by atoms with van der Waals surface area (Å²) in [6, 6.07) is 135. The molecule has 2 aliphatic carbocycles. The van der Waals surface area contributed by atoms with E-state index in [1.165, 1.54) is 126 Å². The van der Waals surface area contributed by atoms with Crippen molar-refractivity contribution >= 4 is 80.7 Å². The van der Waals surface area contributed by atoms with Gasteiger partial charge in [-0.15, -0.1) is 0 Å². The first kappa shape index (κ1) is 72.2. The predicted molar refractivity (Wildman–Crippen MR) is 472 cm³/mol. The average Bonchev–Trinajstić information content (AvgIpc) is 0.786. The second kappa shape index (κ2) is 36.7. The maximum atomic E-state index is 2.43. The minimum atomic E-state index is 1.12. The molecule has 0 fully saturated rings. The minimum absolute atomic E-state index is 1.12. The molecule has 0 aromatic heterocycles. The molecule has 0 aliphatic heterocycles. The largest absolute Gasteiger partial charge is 0.310 e. The highest BCUT2D eigenvalue weighted by Crippen LogP contribution is 2.42. The number of hydrogen-bond acceptors (Lipinski definition) is 2. The zero-order chi connectivity index (χ0) is 74.1. The highest BCUT2D eigenvalue weighted by Gasteiger charge is 2.21.